The van der Waals surface area contributed by atoms with Crippen molar-refractivity contribution in [1.82, 2.24) is 0 Å². The highest BCUT2D eigenvalue weighted by Crippen LogP contribution is 2.33. The van der Waals surface area contributed by atoms with Crippen molar-refractivity contribution in [3.63, 3.8) is 0 Å². The molecular weight excluding hydrogens is 287 g/mol. The maximum absolute atomic E-state index is 6.02. The van der Waals surface area contributed by atoms with Crippen LogP contribution in [0.15, 0.2) is 12.1 Å². The predicted octanol–water partition coefficient (Wildman–Crippen LogP) is 4.66. The largest absolute Gasteiger partial charge is 0.397 e. The number of benzene rings is 1. The normalized spacial score (nSPS) is 23.9. The number of thioether (sulfide) groups is 1. The fourth-order valence-electron chi connectivity index (χ4n) is 2.35. The Balaban J connectivity index is 2.00. The van der Waals surface area contributed by atoms with Gasteiger partial charge in [-0.25, -0.2) is 0 Å². The summed E-state index contributed by atoms with van der Waals surface area (Å²) in [7, 11) is 0. The second kappa shape index (κ2) is 6.27. The smallest absolute Gasteiger partial charge is 0.0614 e. The second-order valence-electron chi connectivity index (χ2n) is 4.71. The standard InChI is InChI=1S/C13H18Cl2N2S/c1-18-9-4-2-8(3-5-9)17-13-7-11(15)10(14)6-12(13)16/h6-9,17H,2-5,16H2,1H3. The van der Waals surface area contributed by atoms with Crippen LogP contribution in [0, 0.1) is 0 Å². The number of nitrogen functional groups attached to an aromatic ring is 1. The monoisotopic (exact) mass is 304 g/mol. The van der Waals surface area contributed by atoms with Crippen molar-refractivity contribution in [3.8, 4) is 0 Å². The molecule has 0 aliphatic heterocycles. The first-order chi connectivity index (χ1) is 8.60. The zero-order chi connectivity index (χ0) is 13.1. The van der Waals surface area contributed by atoms with E-state index in [4.69, 9.17) is 28.9 Å². The molecule has 0 spiro atoms. The SMILES string of the molecule is CSC1CCC(Nc2cc(Cl)c(Cl)cc2N)CC1. The van der Waals surface area contributed by atoms with Crippen LogP contribution >= 0.6 is 35.0 Å². The zero-order valence-electron chi connectivity index (χ0n) is 10.4. The lowest BCUT2D eigenvalue weighted by atomic mass is 9.94. The molecule has 1 aliphatic carbocycles. The number of rotatable bonds is 3. The Morgan fingerprint density at radius 1 is 1.17 bits per heavy atom. The van der Waals surface area contributed by atoms with Crippen molar-refractivity contribution in [2.45, 2.75) is 37.0 Å². The number of nitrogens with one attached hydrogen (secondary N) is 1. The second-order valence-corrected chi connectivity index (χ2v) is 6.66. The first-order valence-electron chi connectivity index (χ1n) is 6.14. The van der Waals surface area contributed by atoms with Crippen molar-refractivity contribution in [1.29, 1.82) is 0 Å². The van der Waals surface area contributed by atoms with Crippen molar-refractivity contribution in [3.05, 3.63) is 22.2 Å². The summed E-state index contributed by atoms with van der Waals surface area (Å²) in [5.41, 5.74) is 7.51. The Labute approximate surface area is 123 Å². The minimum absolute atomic E-state index is 0.493. The number of hydrogen-bond acceptors (Lipinski definition) is 3. The van der Waals surface area contributed by atoms with Crippen LogP contribution < -0.4 is 11.1 Å². The first kappa shape index (κ1) is 14.2. The van der Waals surface area contributed by atoms with Crippen molar-refractivity contribution in [2.75, 3.05) is 17.3 Å². The number of halogens is 2. The summed E-state index contributed by atoms with van der Waals surface area (Å²) in [5.74, 6) is 0. The third-order valence-electron chi connectivity index (χ3n) is 3.46. The van der Waals surface area contributed by atoms with Gasteiger partial charge in [-0.15, -0.1) is 0 Å². The van der Waals surface area contributed by atoms with E-state index in [9.17, 15) is 0 Å². The lowest BCUT2D eigenvalue weighted by Gasteiger charge is -2.29. The van der Waals surface area contributed by atoms with Gasteiger partial charge in [-0.3, -0.25) is 0 Å². The summed E-state index contributed by atoms with van der Waals surface area (Å²) in [4.78, 5) is 0. The van der Waals surface area contributed by atoms with E-state index < -0.39 is 0 Å². The summed E-state index contributed by atoms with van der Waals surface area (Å²) in [6.45, 7) is 0. The molecular formula is C13H18Cl2N2S. The maximum atomic E-state index is 6.02. The molecule has 1 aromatic rings. The van der Waals surface area contributed by atoms with Crippen LogP contribution in [0.2, 0.25) is 10.0 Å². The Kier molecular flexibility index (Phi) is 4.93. The Hall–Kier alpha value is -0.250. The van der Waals surface area contributed by atoms with Gasteiger partial charge in [0.25, 0.3) is 0 Å². The molecule has 100 valence electrons. The molecule has 1 fully saturated rings. The number of hydrogen-bond donors (Lipinski definition) is 2. The van der Waals surface area contributed by atoms with Crippen molar-refractivity contribution in [2.24, 2.45) is 0 Å². The molecule has 2 nitrogen and oxygen atoms in total. The van der Waals surface area contributed by atoms with Gasteiger partial charge in [0.05, 0.1) is 21.4 Å². The van der Waals surface area contributed by atoms with Crippen molar-refractivity contribution < 1.29 is 0 Å². The van der Waals surface area contributed by atoms with E-state index in [1.807, 2.05) is 17.8 Å². The molecule has 0 radical (unpaired) electrons. The fraction of sp³-hybridized carbons (Fsp3) is 0.538. The highest BCUT2D eigenvalue weighted by Gasteiger charge is 2.20. The molecule has 0 heterocycles. The van der Waals surface area contributed by atoms with E-state index in [1.165, 1.54) is 25.7 Å². The van der Waals surface area contributed by atoms with Crippen LogP contribution in [-0.2, 0) is 0 Å². The highest BCUT2D eigenvalue weighted by atomic mass is 35.5. The van der Waals surface area contributed by atoms with Gasteiger partial charge >= 0.3 is 0 Å². The van der Waals surface area contributed by atoms with Gasteiger partial charge in [-0.05, 0) is 44.1 Å². The maximum Gasteiger partial charge on any atom is 0.0614 e. The lowest BCUT2D eigenvalue weighted by molar-refractivity contribution is 0.473. The van der Waals surface area contributed by atoms with Crippen LogP contribution in [0.25, 0.3) is 0 Å². The Morgan fingerprint density at radius 3 is 2.39 bits per heavy atom. The summed E-state index contributed by atoms with van der Waals surface area (Å²) in [5, 5.41) is 5.35. The van der Waals surface area contributed by atoms with E-state index in [0.717, 1.165) is 10.9 Å². The fourth-order valence-corrected chi connectivity index (χ4v) is 3.43. The van der Waals surface area contributed by atoms with Gasteiger partial charge in [0.2, 0.25) is 0 Å². The summed E-state index contributed by atoms with van der Waals surface area (Å²) >= 11 is 13.9. The molecule has 0 bridgehead atoms. The molecule has 0 aromatic heterocycles. The molecule has 0 saturated heterocycles. The van der Waals surface area contributed by atoms with Gasteiger partial charge in [-0.2, -0.15) is 11.8 Å². The van der Waals surface area contributed by atoms with Crippen LogP contribution in [0.4, 0.5) is 11.4 Å². The van der Waals surface area contributed by atoms with Gasteiger partial charge in [0.1, 0.15) is 0 Å². The lowest BCUT2D eigenvalue weighted by Crippen LogP contribution is -2.27. The average Bonchev–Trinajstić information content (AvgIpc) is 2.37. The van der Waals surface area contributed by atoms with Crippen LogP contribution in [0.5, 0.6) is 0 Å². The summed E-state index contributed by atoms with van der Waals surface area (Å²) < 4.78 is 0. The number of nitrogens with two attached hydrogens (primary N) is 1. The van der Waals surface area contributed by atoms with E-state index in [2.05, 4.69) is 11.6 Å². The Bertz CT molecular complexity index is 418. The zero-order valence-corrected chi connectivity index (χ0v) is 12.7. The molecule has 1 aliphatic rings. The molecule has 0 atom stereocenters. The van der Waals surface area contributed by atoms with Crippen LogP contribution in [0.1, 0.15) is 25.7 Å². The molecule has 3 N–H and O–H groups in total. The average molecular weight is 305 g/mol. The minimum Gasteiger partial charge on any atom is -0.397 e. The predicted molar refractivity (Wildman–Crippen MR) is 84.1 cm³/mol. The van der Waals surface area contributed by atoms with Crippen LogP contribution in [-0.4, -0.2) is 17.5 Å². The third-order valence-corrected chi connectivity index (χ3v) is 5.32. The van der Waals surface area contributed by atoms with Gasteiger partial charge in [0, 0.05) is 11.3 Å². The highest BCUT2D eigenvalue weighted by molar-refractivity contribution is 7.99. The summed E-state index contributed by atoms with van der Waals surface area (Å²) in [6, 6.07) is 4.02. The molecule has 2 rings (SSSR count). The quantitative estimate of drug-likeness (QED) is 0.798. The molecule has 0 amide bonds. The van der Waals surface area contributed by atoms with Gasteiger partial charge in [0.15, 0.2) is 0 Å². The van der Waals surface area contributed by atoms with Crippen molar-refractivity contribution >= 4 is 46.3 Å². The Morgan fingerprint density at radius 2 is 1.78 bits per heavy atom. The van der Waals surface area contributed by atoms with E-state index >= 15 is 0 Å². The topological polar surface area (TPSA) is 38.0 Å². The molecule has 1 saturated carbocycles. The molecule has 5 heteroatoms. The number of anilines is 2. The molecule has 1 aromatic carbocycles. The van der Waals surface area contributed by atoms with E-state index in [0.29, 0.717) is 21.8 Å². The van der Waals surface area contributed by atoms with Gasteiger partial charge < -0.3 is 11.1 Å². The van der Waals surface area contributed by atoms with Gasteiger partial charge in [-0.1, -0.05) is 23.2 Å². The molecule has 18 heavy (non-hydrogen) atoms. The van der Waals surface area contributed by atoms with E-state index in [1.54, 1.807) is 6.07 Å². The minimum atomic E-state index is 0.493. The molecule has 0 unspecified atom stereocenters. The van der Waals surface area contributed by atoms with Crippen LogP contribution in [0.3, 0.4) is 0 Å². The summed E-state index contributed by atoms with van der Waals surface area (Å²) in [6.07, 6.45) is 7.09. The first-order valence-corrected chi connectivity index (χ1v) is 8.18. The van der Waals surface area contributed by atoms with E-state index in [-0.39, 0.29) is 0 Å². The third kappa shape index (κ3) is 3.40.